The molecule has 1 aliphatic heterocycles. The van der Waals surface area contributed by atoms with Crippen molar-refractivity contribution < 1.29 is 9.21 Å². The summed E-state index contributed by atoms with van der Waals surface area (Å²) in [7, 11) is 0. The molecule has 0 unspecified atom stereocenters. The highest BCUT2D eigenvalue weighted by molar-refractivity contribution is 6.02. The molecule has 1 fully saturated rings. The van der Waals surface area contributed by atoms with Gasteiger partial charge in [-0.3, -0.25) is 9.69 Å². The number of hydrogen-bond donors (Lipinski definition) is 1. The fourth-order valence-corrected chi connectivity index (χ4v) is 2.95. The number of nitrogens with zero attached hydrogens (tertiary/aromatic N) is 2. The average molecular weight is 313 g/mol. The molecule has 1 N–H and O–H groups in total. The van der Waals surface area contributed by atoms with Gasteiger partial charge in [-0.25, -0.2) is 4.98 Å². The van der Waals surface area contributed by atoms with Gasteiger partial charge in [0.15, 0.2) is 5.89 Å². The van der Waals surface area contributed by atoms with Gasteiger partial charge >= 0.3 is 0 Å². The lowest BCUT2D eigenvalue weighted by Crippen LogP contribution is -2.18. The number of hydrogen-bond acceptors (Lipinski definition) is 4. The van der Waals surface area contributed by atoms with Crippen LogP contribution in [0.2, 0.25) is 0 Å². The Hall–Kier alpha value is -2.14. The van der Waals surface area contributed by atoms with Crippen LogP contribution >= 0.6 is 0 Å². The maximum atomic E-state index is 12.4. The number of likely N-dealkylation sites (tertiary alicyclic amines) is 1. The molecule has 0 spiro atoms. The normalized spacial score (nSPS) is 15.0. The molecule has 1 saturated heterocycles. The summed E-state index contributed by atoms with van der Waals surface area (Å²) in [6.07, 6.45) is 3.24. The molecule has 2 heterocycles. The number of amides is 1. The minimum absolute atomic E-state index is 0.243. The second kappa shape index (κ2) is 6.96. The summed E-state index contributed by atoms with van der Waals surface area (Å²) in [5.74, 6) is 0.648. The van der Waals surface area contributed by atoms with Gasteiger partial charge in [0.05, 0.1) is 5.69 Å². The van der Waals surface area contributed by atoms with Crippen molar-refractivity contribution in [3.8, 4) is 0 Å². The van der Waals surface area contributed by atoms with Crippen LogP contribution in [0.25, 0.3) is 0 Å². The Morgan fingerprint density at radius 2 is 2.13 bits per heavy atom. The van der Waals surface area contributed by atoms with E-state index in [-0.39, 0.29) is 5.91 Å². The van der Waals surface area contributed by atoms with Crippen LogP contribution in [-0.4, -0.2) is 28.9 Å². The molecule has 5 nitrogen and oxygen atoms in total. The molecular weight excluding hydrogens is 290 g/mol. The zero-order chi connectivity index (χ0) is 16.2. The van der Waals surface area contributed by atoms with Crippen LogP contribution in [0.3, 0.4) is 0 Å². The lowest BCUT2D eigenvalue weighted by atomic mass is 10.2. The van der Waals surface area contributed by atoms with E-state index in [0.29, 0.717) is 23.8 Å². The summed E-state index contributed by atoms with van der Waals surface area (Å²) in [5.41, 5.74) is 2.64. The van der Waals surface area contributed by atoms with Gasteiger partial charge in [0.2, 0.25) is 5.76 Å². The molecular formula is C18H23N3O2. The number of rotatable bonds is 5. The summed E-state index contributed by atoms with van der Waals surface area (Å²) in [4.78, 5) is 19.0. The predicted molar refractivity (Wildman–Crippen MR) is 89.5 cm³/mol. The van der Waals surface area contributed by atoms with Crippen LogP contribution in [-0.2, 0) is 13.0 Å². The van der Waals surface area contributed by atoms with Crippen LogP contribution < -0.4 is 5.32 Å². The third-order valence-electron chi connectivity index (χ3n) is 4.14. The molecule has 5 heteroatoms. The zero-order valence-electron chi connectivity index (χ0n) is 13.8. The summed E-state index contributed by atoms with van der Waals surface area (Å²) in [5, 5.41) is 2.91. The maximum Gasteiger partial charge on any atom is 0.293 e. The van der Waals surface area contributed by atoms with Gasteiger partial charge in [0.1, 0.15) is 0 Å². The molecule has 23 heavy (non-hydrogen) atoms. The Balaban J connectivity index is 1.69. The van der Waals surface area contributed by atoms with Crippen molar-refractivity contribution in [1.29, 1.82) is 0 Å². The molecule has 1 aromatic carbocycles. The fourth-order valence-electron chi connectivity index (χ4n) is 2.95. The Kier molecular flexibility index (Phi) is 4.76. The van der Waals surface area contributed by atoms with E-state index in [9.17, 15) is 4.79 Å². The first kappa shape index (κ1) is 15.7. The molecule has 1 amide bonds. The lowest BCUT2D eigenvalue weighted by Gasteiger charge is -2.15. The number of oxazole rings is 1. The first-order valence-corrected chi connectivity index (χ1v) is 8.24. The van der Waals surface area contributed by atoms with Gasteiger partial charge in [0.25, 0.3) is 5.91 Å². The van der Waals surface area contributed by atoms with Gasteiger partial charge in [-0.15, -0.1) is 0 Å². The van der Waals surface area contributed by atoms with Crippen LogP contribution in [0, 0.1) is 6.92 Å². The minimum Gasteiger partial charge on any atom is -0.435 e. The molecule has 2 aromatic rings. The monoisotopic (exact) mass is 313 g/mol. The molecule has 3 rings (SSSR count). The first-order valence-electron chi connectivity index (χ1n) is 8.24. The van der Waals surface area contributed by atoms with E-state index in [1.54, 1.807) is 6.92 Å². The Morgan fingerprint density at radius 1 is 1.35 bits per heavy atom. The van der Waals surface area contributed by atoms with Gasteiger partial charge in [-0.1, -0.05) is 19.1 Å². The zero-order valence-corrected chi connectivity index (χ0v) is 13.8. The number of aromatic nitrogens is 1. The molecule has 0 saturated carbocycles. The second-order valence-corrected chi connectivity index (χ2v) is 6.01. The molecule has 1 aromatic heterocycles. The first-order chi connectivity index (χ1) is 11.2. The molecule has 1 aliphatic rings. The average Bonchev–Trinajstić information content (AvgIpc) is 3.17. The van der Waals surface area contributed by atoms with E-state index < -0.39 is 0 Å². The summed E-state index contributed by atoms with van der Waals surface area (Å²) >= 11 is 0. The van der Waals surface area contributed by atoms with E-state index >= 15 is 0 Å². The lowest BCUT2D eigenvalue weighted by molar-refractivity contribution is 0.0994. The molecule has 0 bridgehead atoms. The predicted octanol–water partition coefficient (Wildman–Crippen LogP) is 3.39. The smallest absolute Gasteiger partial charge is 0.293 e. The van der Waals surface area contributed by atoms with Crippen molar-refractivity contribution in [3.05, 3.63) is 47.2 Å². The highest BCUT2D eigenvalue weighted by Gasteiger charge is 2.17. The van der Waals surface area contributed by atoms with E-state index in [0.717, 1.165) is 25.3 Å². The van der Waals surface area contributed by atoms with Crippen molar-refractivity contribution in [1.82, 2.24) is 9.88 Å². The van der Waals surface area contributed by atoms with Crippen LogP contribution in [0.5, 0.6) is 0 Å². The molecule has 0 aliphatic carbocycles. The maximum absolute atomic E-state index is 12.4. The van der Waals surface area contributed by atoms with Crippen molar-refractivity contribution >= 4 is 11.6 Å². The van der Waals surface area contributed by atoms with Crippen LogP contribution in [0.4, 0.5) is 5.69 Å². The number of benzene rings is 1. The Labute approximate surface area is 136 Å². The highest BCUT2D eigenvalue weighted by atomic mass is 16.4. The summed E-state index contributed by atoms with van der Waals surface area (Å²) in [6, 6.07) is 8.01. The van der Waals surface area contributed by atoms with E-state index in [1.807, 2.05) is 25.1 Å². The second-order valence-electron chi connectivity index (χ2n) is 6.01. The third kappa shape index (κ3) is 3.79. The van der Waals surface area contributed by atoms with Gasteiger partial charge in [0, 0.05) is 18.7 Å². The van der Waals surface area contributed by atoms with E-state index in [2.05, 4.69) is 21.3 Å². The summed E-state index contributed by atoms with van der Waals surface area (Å²) in [6.45, 7) is 7.00. The van der Waals surface area contributed by atoms with Crippen molar-refractivity contribution in [2.75, 3.05) is 18.4 Å². The number of aryl methyl sites for hydroxylation is 2. The van der Waals surface area contributed by atoms with Crippen LogP contribution in [0.1, 0.15) is 47.5 Å². The number of anilines is 1. The van der Waals surface area contributed by atoms with Crippen LogP contribution in [0.15, 0.2) is 28.7 Å². The van der Waals surface area contributed by atoms with Gasteiger partial charge in [-0.05, 0) is 50.6 Å². The van der Waals surface area contributed by atoms with E-state index in [4.69, 9.17) is 4.42 Å². The topological polar surface area (TPSA) is 58.4 Å². The number of carbonyl (C=O) groups is 1. The third-order valence-corrected chi connectivity index (χ3v) is 4.14. The Bertz CT molecular complexity index is 687. The van der Waals surface area contributed by atoms with Gasteiger partial charge in [-0.2, -0.15) is 0 Å². The van der Waals surface area contributed by atoms with E-state index in [1.165, 1.54) is 18.4 Å². The quantitative estimate of drug-likeness (QED) is 0.919. The van der Waals surface area contributed by atoms with Crippen molar-refractivity contribution in [3.63, 3.8) is 0 Å². The standard InChI is InChI=1S/C18H23N3O2/c1-3-16-19-13(2)17(23-16)18(22)20-15-8-6-7-14(11-15)12-21-9-4-5-10-21/h6-8,11H,3-5,9-10,12H2,1-2H3,(H,20,22). The van der Waals surface area contributed by atoms with Crippen molar-refractivity contribution in [2.24, 2.45) is 0 Å². The minimum atomic E-state index is -0.243. The number of carbonyl (C=O) groups excluding carboxylic acids is 1. The fraction of sp³-hybridized carbons (Fsp3) is 0.444. The highest BCUT2D eigenvalue weighted by Crippen LogP contribution is 2.18. The van der Waals surface area contributed by atoms with Crippen molar-refractivity contribution in [2.45, 2.75) is 39.7 Å². The Morgan fingerprint density at radius 3 is 2.83 bits per heavy atom. The van der Waals surface area contributed by atoms with Gasteiger partial charge < -0.3 is 9.73 Å². The molecule has 0 atom stereocenters. The largest absolute Gasteiger partial charge is 0.435 e. The molecule has 122 valence electrons. The molecule has 0 radical (unpaired) electrons. The number of nitrogens with one attached hydrogen (secondary N) is 1. The SMILES string of the molecule is CCc1nc(C)c(C(=O)Nc2cccc(CN3CCCC3)c2)o1. The summed E-state index contributed by atoms with van der Waals surface area (Å²) < 4.78 is 5.50.